The van der Waals surface area contributed by atoms with Crippen molar-refractivity contribution in [2.45, 2.75) is 19.6 Å². The fourth-order valence-corrected chi connectivity index (χ4v) is 2.35. The van der Waals surface area contributed by atoms with Gasteiger partial charge in [0.05, 0.1) is 11.1 Å². The highest BCUT2D eigenvalue weighted by Crippen LogP contribution is 2.32. The Morgan fingerprint density at radius 1 is 1.20 bits per heavy atom. The van der Waals surface area contributed by atoms with Crippen LogP contribution in [0.2, 0.25) is 0 Å². The molecule has 4 heteroatoms. The van der Waals surface area contributed by atoms with Gasteiger partial charge in [-0.1, -0.05) is 18.2 Å². The maximum Gasteiger partial charge on any atom is 0.141 e. The highest BCUT2D eigenvalue weighted by Gasteiger charge is 2.07. The minimum absolute atomic E-state index is 0.00498. The van der Waals surface area contributed by atoms with Crippen LogP contribution in [0.4, 0.5) is 0 Å². The average molecular weight is 336 g/mol. The van der Waals surface area contributed by atoms with E-state index in [-0.39, 0.29) is 6.04 Å². The average Bonchev–Trinajstić information content (AvgIpc) is 2.42. The van der Waals surface area contributed by atoms with Crippen molar-refractivity contribution in [1.82, 2.24) is 0 Å². The van der Waals surface area contributed by atoms with Crippen LogP contribution in [0.3, 0.4) is 0 Å². The van der Waals surface area contributed by atoms with Crippen molar-refractivity contribution in [1.29, 1.82) is 0 Å². The molecule has 0 aliphatic rings. The van der Waals surface area contributed by atoms with Crippen LogP contribution < -0.4 is 10.5 Å². The van der Waals surface area contributed by atoms with E-state index in [0.717, 1.165) is 27.1 Å². The summed E-state index contributed by atoms with van der Waals surface area (Å²) >= 11 is 3.52. The monoisotopic (exact) mass is 335 g/mol. The molecule has 0 aromatic heterocycles. The Bertz CT molecular complexity index is 584. The molecular weight excluding hydrogens is 318 g/mol. The molecule has 0 fully saturated rings. The lowest BCUT2D eigenvalue weighted by atomic mass is 10.1. The van der Waals surface area contributed by atoms with E-state index in [9.17, 15) is 0 Å². The lowest BCUT2D eigenvalue weighted by Crippen LogP contribution is -2.04. The highest BCUT2D eigenvalue weighted by atomic mass is 79.9. The van der Waals surface area contributed by atoms with E-state index < -0.39 is 0 Å². The molecule has 3 nitrogen and oxygen atoms in total. The second-order valence-electron chi connectivity index (χ2n) is 4.66. The van der Waals surface area contributed by atoms with Gasteiger partial charge in [-0.3, -0.25) is 0 Å². The van der Waals surface area contributed by atoms with Crippen molar-refractivity contribution in [2.24, 2.45) is 5.73 Å². The van der Waals surface area contributed by atoms with E-state index in [2.05, 4.69) is 15.9 Å². The van der Waals surface area contributed by atoms with Crippen LogP contribution in [0, 0.1) is 0 Å². The summed E-state index contributed by atoms with van der Waals surface area (Å²) in [6.45, 7) is 2.53. The fraction of sp³-hybridized carbons (Fsp3) is 0.250. The topological polar surface area (TPSA) is 44.5 Å². The third-order valence-electron chi connectivity index (χ3n) is 2.92. The van der Waals surface area contributed by atoms with Crippen LogP contribution in [0.15, 0.2) is 46.9 Å². The standard InChI is InChI=1S/C16H18BrNO2/c1-11(18)13-6-7-16(15(17)9-13)20-14-5-3-4-12(8-14)10-19-2/h3-9,11H,10,18H2,1-2H3. The SMILES string of the molecule is COCc1cccc(Oc2ccc(C(C)N)cc2Br)c1. The van der Waals surface area contributed by atoms with Gasteiger partial charge in [0.1, 0.15) is 11.5 Å². The van der Waals surface area contributed by atoms with Crippen LogP contribution in [-0.2, 0) is 11.3 Å². The lowest BCUT2D eigenvalue weighted by Gasteiger charge is -2.12. The first-order valence-corrected chi connectivity index (χ1v) is 7.20. The first-order valence-electron chi connectivity index (χ1n) is 6.41. The van der Waals surface area contributed by atoms with E-state index in [1.165, 1.54) is 0 Å². The summed E-state index contributed by atoms with van der Waals surface area (Å²) < 4.78 is 11.9. The summed E-state index contributed by atoms with van der Waals surface area (Å²) in [6, 6.07) is 13.7. The molecule has 2 rings (SSSR count). The number of benzene rings is 2. The molecule has 0 spiro atoms. The molecule has 20 heavy (non-hydrogen) atoms. The zero-order valence-corrected chi connectivity index (χ0v) is 13.2. The van der Waals surface area contributed by atoms with Gasteiger partial charge in [0, 0.05) is 13.2 Å². The summed E-state index contributed by atoms with van der Waals surface area (Å²) in [5.74, 6) is 1.55. The van der Waals surface area contributed by atoms with Crippen LogP contribution >= 0.6 is 15.9 Å². The summed E-state index contributed by atoms with van der Waals surface area (Å²) in [5, 5.41) is 0. The van der Waals surface area contributed by atoms with Gasteiger partial charge in [0.25, 0.3) is 0 Å². The molecule has 106 valence electrons. The number of hydrogen-bond acceptors (Lipinski definition) is 3. The summed E-state index contributed by atoms with van der Waals surface area (Å²) in [6.07, 6.45) is 0. The van der Waals surface area contributed by atoms with Crippen molar-refractivity contribution in [3.05, 3.63) is 58.1 Å². The van der Waals surface area contributed by atoms with Crippen molar-refractivity contribution in [3.8, 4) is 11.5 Å². The predicted octanol–water partition coefficient (Wildman–Crippen LogP) is 4.41. The molecular formula is C16H18BrNO2. The maximum absolute atomic E-state index is 5.89. The molecule has 0 saturated heterocycles. The highest BCUT2D eigenvalue weighted by molar-refractivity contribution is 9.10. The zero-order chi connectivity index (χ0) is 14.5. The van der Waals surface area contributed by atoms with E-state index in [4.69, 9.17) is 15.2 Å². The first-order chi connectivity index (χ1) is 9.60. The minimum atomic E-state index is 0.00498. The number of ether oxygens (including phenoxy) is 2. The smallest absolute Gasteiger partial charge is 0.141 e. The third-order valence-corrected chi connectivity index (χ3v) is 3.54. The second-order valence-corrected chi connectivity index (χ2v) is 5.52. The van der Waals surface area contributed by atoms with Gasteiger partial charge in [-0.15, -0.1) is 0 Å². The summed E-state index contributed by atoms with van der Waals surface area (Å²) in [4.78, 5) is 0. The molecule has 0 saturated carbocycles. The second kappa shape index (κ2) is 6.88. The quantitative estimate of drug-likeness (QED) is 0.880. The van der Waals surface area contributed by atoms with Crippen molar-refractivity contribution in [3.63, 3.8) is 0 Å². The van der Waals surface area contributed by atoms with Gasteiger partial charge in [-0.2, -0.15) is 0 Å². The van der Waals surface area contributed by atoms with E-state index in [1.807, 2.05) is 49.4 Å². The first kappa shape index (κ1) is 15.0. The molecule has 2 aromatic rings. The Balaban J connectivity index is 2.19. The largest absolute Gasteiger partial charge is 0.456 e. The number of methoxy groups -OCH3 is 1. The number of nitrogens with two attached hydrogens (primary N) is 1. The zero-order valence-electron chi connectivity index (χ0n) is 11.6. The van der Waals surface area contributed by atoms with Crippen LogP contribution in [-0.4, -0.2) is 7.11 Å². The number of hydrogen-bond donors (Lipinski definition) is 1. The molecule has 1 unspecified atom stereocenters. The fourth-order valence-electron chi connectivity index (χ4n) is 1.88. The molecule has 0 bridgehead atoms. The van der Waals surface area contributed by atoms with E-state index in [1.54, 1.807) is 7.11 Å². The lowest BCUT2D eigenvalue weighted by molar-refractivity contribution is 0.184. The van der Waals surface area contributed by atoms with Gasteiger partial charge in [-0.25, -0.2) is 0 Å². The Labute approximate surface area is 127 Å². The minimum Gasteiger partial charge on any atom is -0.456 e. The normalized spacial score (nSPS) is 12.2. The van der Waals surface area contributed by atoms with Crippen molar-refractivity contribution >= 4 is 15.9 Å². The Morgan fingerprint density at radius 2 is 2.00 bits per heavy atom. The van der Waals surface area contributed by atoms with Gasteiger partial charge < -0.3 is 15.2 Å². The molecule has 2 N–H and O–H groups in total. The van der Waals surface area contributed by atoms with Crippen LogP contribution in [0.1, 0.15) is 24.1 Å². The Kier molecular flexibility index (Phi) is 5.17. The number of rotatable bonds is 5. The molecule has 0 aliphatic carbocycles. The number of halogens is 1. The molecule has 0 radical (unpaired) electrons. The van der Waals surface area contributed by atoms with Gasteiger partial charge in [0.2, 0.25) is 0 Å². The molecule has 2 aromatic carbocycles. The summed E-state index contributed by atoms with van der Waals surface area (Å²) in [7, 11) is 1.68. The Morgan fingerprint density at radius 3 is 2.65 bits per heavy atom. The summed E-state index contributed by atoms with van der Waals surface area (Å²) in [5.41, 5.74) is 8.01. The van der Waals surface area contributed by atoms with Gasteiger partial charge >= 0.3 is 0 Å². The van der Waals surface area contributed by atoms with E-state index >= 15 is 0 Å². The van der Waals surface area contributed by atoms with Crippen molar-refractivity contribution < 1.29 is 9.47 Å². The van der Waals surface area contributed by atoms with E-state index in [0.29, 0.717) is 6.61 Å². The molecule has 1 atom stereocenters. The van der Waals surface area contributed by atoms with Crippen LogP contribution in [0.25, 0.3) is 0 Å². The third kappa shape index (κ3) is 3.82. The predicted molar refractivity (Wildman–Crippen MR) is 84.0 cm³/mol. The molecule has 0 heterocycles. The maximum atomic E-state index is 5.89. The molecule has 0 aliphatic heterocycles. The van der Waals surface area contributed by atoms with Gasteiger partial charge in [0.15, 0.2) is 0 Å². The van der Waals surface area contributed by atoms with Crippen molar-refractivity contribution in [2.75, 3.05) is 7.11 Å². The molecule has 0 amide bonds. The van der Waals surface area contributed by atoms with Crippen LogP contribution in [0.5, 0.6) is 11.5 Å². The van der Waals surface area contributed by atoms with Gasteiger partial charge in [-0.05, 0) is 58.2 Å². The Hall–Kier alpha value is -1.36.